The second-order valence-corrected chi connectivity index (χ2v) is 8.34. The van der Waals surface area contributed by atoms with E-state index in [4.69, 9.17) is 4.42 Å². The molecule has 8 nitrogen and oxygen atoms in total. The van der Waals surface area contributed by atoms with Crippen LogP contribution in [0.1, 0.15) is 32.1 Å². The monoisotopic (exact) mass is 463 g/mol. The minimum absolute atomic E-state index is 0.0302. The van der Waals surface area contributed by atoms with Crippen molar-refractivity contribution in [1.29, 1.82) is 0 Å². The number of anilines is 1. The van der Waals surface area contributed by atoms with Crippen LogP contribution in [-0.4, -0.2) is 33.4 Å². The molecule has 2 aromatic heterocycles. The molecule has 176 valence electrons. The molecular weight excluding hydrogens is 437 g/mol. The molecule has 4 aromatic rings. The highest BCUT2D eigenvalue weighted by molar-refractivity contribution is 6.01. The Morgan fingerprint density at radius 3 is 2.59 bits per heavy atom. The summed E-state index contributed by atoms with van der Waals surface area (Å²) in [5.74, 6) is -1.03. The number of fused-ring (bicyclic) bond motifs is 1. The van der Waals surface area contributed by atoms with Crippen molar-refractivity contribution in [3.63, 3.8) is 0 Å². The van der Waals surface area contributed by atoms with Gasteiger partial charge in [0.1, 0.15) is 23.6 Å². The Hall–Kier alpha value is -4.01. The molecule has 0 radical (unpaired) electrons. The summed E-state index contributed by atoms with van der Waals surface area (Å²) in [6, 6.07) is 15.1. The van der Waals surface area contributed by atoms with Gasteiger partial charge >= 0.3 is 0 Å². The van der Waals surface area contributed by atoms with Gasteiger partial charge in [0.2, 0.25) is 5.91 Å². The van der Waals surface area contributed by atoms with E-state index in [2.05, 4.69) is 15.6 Å². The first-order valence-corrected chi connectivity index (χ1v) is 11.1. The number of hydrogen-bond donors (Lipinski definition) is 1. The maximum absolute atomic E-state index is 15.0. The number of furan rings is 1. The lowest BCUT2D eigenvalue weighted by Crippen LogP contribution is -2.45. The van der Waals surface area contributed by atoms with Gasteiger partial charge < -0.3 is 9.73 Å². The van der Waals surface area contributed by atoms with Crippen molar-refractivity contribution in [1.82, 2.24) is 20.3 Å². The van der Waals surface area contributed by atoms with Gasteiger partial charge in [-0.2, -0.15) is 0 Å². The molecule has 0 spiro atoms. The molecule has 34 heavy (non-hydrogen) atoms. The second-order valence-electron chi connectivity index (χ2n) is 8.34. The van der Waals surface area contributed by atoms with E-state index in [1.165, 1.54) is 29.1 Å². The number of nitrogens with one attached hydrogen (secondary N) is 1. The minimum Gasteiger partial charge on any atom is -0.467 e. The number of benzene rings is 2. The standard InChI is InChI=1S/C25H26FN5O3/c1-17(2)13-14-27-25(33)24(22-12-7-15-34-22)31(20-10-5-3-8-18(20)26)23(32)16-30-21-11-6-4-9-19(21)28-29-30/h3-12,15,17,24H,13-14,16H2,1-2H3,(H,27,33)/t24-/m0/s1. The zero-order valence-electron chi connectivity index (χ0n) is 19.0. The van der Waals surface area contributed by atoms with E-state index in [0.717, 1.165) is 11.3 Å². The molecular formula is C25H26FN5O3. The predicted octanol–water partition coefficient (Wildman–Crippen LogP) is 4.10. The van der Waals surface area contributed by atoms with E-state index < -0.39 is 23.7 Å². The fourth-order valence-electron chi connectivity index (χ4n) is 3.70. The number of carbonyl (C=O) groups excluding carboxylic acids is 2. The molecule has 0 aliphatic carbocycles. The van der Waals surface area contributed by atoms with Crippen molar-refractivity contribution in [2.75, 3.05) is 11.4 Å². The highest BCUT2D eigenvalue weighted by atomic mass is 19.1. The Morgan fingerprint density at radius 2 is 1.85 bits per heavy atom. The summed E-state index contributed by atoms with van der Waals surface area (Å²) in [4.78, 5) is 28.2. The quantitative estimate of drug-likeness (QED) is 0.403. The van der Waals surface area contributed by atoms with Crippen molar-refractivity contribution in [3.8, 4) is 0 Å². The van der Waals surface area contributed by atoms with Gasteiger partial charge in [0.05, 0.1) is 17.5 Å². The molecule has 0 aliphatic heterocycles. The number of halogens is 1. The highest BCUT2D eigenvalue weighted by Crippen LogP contribution is 2.31. The summed E-state index contributed by atoms with van der Waals surface area (Å²) in [6.07, 6.45) is 2.17. The average Bonchev–Trinajstić information content (AvgIpc) is 3.48. The first-order chi connectivity index (χ1) is 16.5. The third kappa shape index (κ3) is 4.98. The third-order valence-corrected chi connectivity index (χ3v) is 5.43. The molecule has 2 amide bonds. The molecule has 2 aromatic carbocycles. The SMILES string of the molecule is CC(C)CCNC(=O)[C@H](c1ccco1)N(C(=O)Cn1nnc2ccccc21)c1ccccc1F. The Morgan fingerprint density at radius 1 is 1.09 bits per heavy atom. The van der Waals surface area contributed by atoms with E-state index in [-0.39, 0.29) is 18.0 Å². The summed E-state index contributed by atoms with van der Waals surface area (Å²) in [7, 11) is 0. The summed E-state index contributed by atoms with van der Waals surface area (Å²) < 4.78 is 21.9. The molecule has 1 atom stereocenters. The largest absolute Gasteiger partial charge is 0.467 e. The van der Waals surface area contributed by atoms with E-state index in [1.54, 1.807) is 30.3 Å². The Kier molecular flexibility index (Phi) is 7.01. The van der Waals surface area contributed by atoms with Gasteiger partial charge in [-0.1, -0.05) is 43.3 Å². The van der Waals surface area contributed by atoms with Crippen LogP contribution in [0.25, 0.3) is 11.0 Å². The van der Waals surface area contributed by atoms with Crippen LogP contribution in [0.15, 0.2) is 71.3 Å². The van der Waals surface area contributed by atoms with Crippen LogP contribution in [0.5, 0.6) is 0 Å². The summed E-state index contributed by atoms with van der Waals surface area (Å²) in [5, 5.41) is 11.0. The van der Waals surface area contributed by atoms with Gasteiger partial charge in [-0.05, 0) is 48.7 Å². The Balaban J connectivity index is 1.73. The predicted molar refractivity (Wildman–Crippen MR) is 125 cm³/mol. The molecule has 0 saturated heterocycles. The van der Waals surface area contributed by atoms with Gasteiger partial charge in [-0.25, -0.2) is 9.07 Å². The van der Waals surface area contributed by atoms with E-state index in [9.17, 15) is 14.0 Å². The van der Waals surface area contributed by atoms with Crippen LogP contribution in [0.2, 0.25) is 0 Å². The molecule has 0 fully saturated rings. The molecule has 0 bridgehead atoms. The maximum atomic E-state index is 15.0. The Labute approximate surface area is 196 Å². The van der Waals surface area contributed by atoms with Crippen LogP contribution in [0, 0.1) is 11.7 Å². The average molecular weight is 464 g/mol. The zero-order chi connectivity index (χ0) is 24.1. The minimum atomic E-state index is -1.21. The number of para-hydroxylation sites is 2. The molecule has 2 heterocycles. The fraction of sp³-hybridized carbons (Fsp3) is 0.280. The first kappa shape index (κ1) is 23.2. The zero-order valence-corrected chi connectivity index (χ0v) is 19.0. The van der Waals surface area contributed by atoms with E-state index in [0.29, 0.717) is 23.5 Å². The van der Waals surface area contributed by atoms with Crippen LogP contribution >= 0.6 is 0 Å². The van der Waals surface area contributed by atoms with Gasteiger partial charge in [0.25, 0.3) is 5.91 Å². The normalized spacial score (nSPS) is 12.1. The van der Waals surface area contributed by atoms with Crippen LogP contribution in [-0.2, 0) is 16.1 Å². The van der Waals surface area contributed by atoms with Gasteiger partial charge in [-0.3, -0.25) is 14.5 Å². The van der Waals surface area contributed by atoms with Crippen LogP contribution in [0.4, 0.5) is 10.1 Å². The number of amides is 2. The smallest absolute Gasteiger partial charge is 0.251 e. The molecule has 0 saturated carbocycles. The molecule has 0 unspecified atom stereocenters. The van der Waals surface area contributed by atoms with Gasteiger partial charge in [0.15, 0.2) is 6.04 Å². The number of rotatable bonds is 9. The topological polar surface area (TPSA) is 93.3 Å². The Bertz CT molecular complexity index is 1270. The molecule has 1 N–H and O–H groups in total. The maximum Gasteiger partial charge on any atom is 0.251 e. The van der Waals surface area contributed by atoms with E-state index in [1.807, 2.05) is 26.0 Å². The molecule has 4 rings (SSSR count). The second kappa shape index (κ2) is 10.3. The van der Waals surface area contributed by atoms with Crippen LogP contribution in [0.3, 0.4) is 0 Å². The van der Waals surface area contributed by atoms with E-state index >= 15 is 0 Å². The number of hydrogen-bond acceptors (Lipinski definition) is 5. The van der Waals surface area contributed by atoms with Gasteiger partial charge in [-0.15, -0.1) is 5.10 Å². The lowest BCUT2D eigenvalue weighted by molar-refractivity contribution is -0.127. The van der Waals surface area contributed by atoms with Crippen molar-refractivity contribution < 1.29 is 18.4 Å². The van der Waals surface area contributed by atoms with Crippen molar-refractivity contribution >= 4 is 28.5 Å². The fourth-order valence-corrected chi connectivity index (χ4v) is 3.70. The van der Waals surface area contributed by atoms with Crippen molar-refractivity contribution in [3.05, 3.63) is 78.5 Å². The summed E-state index contributed by atoms with van der Waals surface area (Å²) in [5.41, 5.74) is 1.25. The first-order valence-electron chi connectivity index (χ1n) is 11.1. The number of aromatic nitrogens is 3. The van der Waals surface area contributed by atoms with Crippen LogP contribution < -0.4 is 10.2 Å². The summed E-state index contributed by atoms with van der Waals surface area (Å²) >= 11 is 0. The number of nitrogens with zero attached hydrogens (tertiary/aromatic N) is 4. The van der Waals surface area contributed by atoms with Crippen molar-refractivity contribution in [2.45, 2.75) is 32.9 Å². The summed E-state index contributed by atoms with van der Waals surface area (Å²) in [6.45, 7) is 4.27. The van der Waals surface area contributed by atoms with Gasteiger partial charge in [0, 0.05) is 6.54 Å². The number of carbonyl (C=O) groups is 2. The van der Waals surface area contributed by atoms with Crippen molar-refractivity contribution in [2.24, 2.45) is 5.92 Å². The lowest BCUT2D eigenvalue weighted by atomic mass is 10.1. The molecule has 9 heteroatoms. The lowest BCUT2D eigenvalue weighted by Gasteiger charge is -2.30. The highest BCUT2D eigenvalue weighted by Gasteiger charge is 2.36. The third-order valence-electron chi connectivity index (χ3n) is 5.43. The molecule has 0 aliphatic rings.